The number of hydrogen-bond acceptors (Lipinski definition) is 2. The van der Waals surface area contributed by atoms with Crippen LogP contribution < -0.4 is 4.74 Å². The first-order chi connectivity index (χ1) is 7.59. The lowest BCUT2D eigenvalue weighted by Crippen LogP contribution is -2.20. The van der Waals surface area contributed by atoms with E-state index in [9.17, 15) is 4.39 Å². The van der Waals surface area contributed by atoms with Crippen LogP contribution in [-0.4, -0.2) is 16.2 Å². The topological polar surface area (TPSA) is 27.1 Å². The Morgan fingerprint density at radius 1 is 1.62 bits per heavy atom. The van der Waals surface area contributed by atoms with Crippen LogP contribution in [0.4, 0.5) is 4.39 Å². The molecule has 3 rings (SSSR count). The minimum atomic E-state index is -0.315. The van der Waals surface area contributed by atoms with Gasteiger partial charge in [-0.2, -0.15) is 0 Å². The molecular weight excluding hydrogens is 275 g/mol. The lowest BCUT2D eigenvalue weighted by atomic mass is 10.2. The molecule has 1 aromatic heterocycles. The van der Waals surface area contributed by atoms with Crippen molar-refractivity contribution in [3.05, 3.63) is 22.2 Å². The fraction of sp³-hybridized carbons (Fsp3) is 0.364. The summed E-state index contributed by atoms with van der Waals surface area (Å²) in [7, 11) is 0. The number of ether oxygens (including phenoxy) is 1. The van der Waals surface area contributed by atoms with Crippen LogP contribution >= 0.6 is 15.9 Å². The minimum absolute atomic E-state index is 0.186. The lowest BCUT2D eigenvalue weighted by Gasteiger charge is -2.24. The fourth-order valence-electron chi connectivity index (χ4n) is 2.24. The fourth-order valence-corrected chi connectivity index (χ4v) is 2.74. The average molecular weight is 285 g/mol. The molecule has 0 spiro atoms. The Hall–Kier alpha value is -1.10. The molecule has 2 aromatic rings. The van der Waals surface area contributed by atoms with E-state index in [1.807, 2.05) is 18.4 Å². The van der Waals surface area contributed by atoms with Gasteiger partial charge in [0.2, 0.25) is 0 Å². The van der Waals surface area contributed by atoms with Crippen LogP contribution in [0.5, 0.6) is 5.75 Å². The highest BCUT2D eigenvalue weighted by Crippen LogP contribution is 2.40. The predicted molar refractivity (Wildman–Crippen MR) is 62.3 cm³/mol. The van der Waals surface area contributed by atoms with E-state index in [0.717, 1.165) is 11.3 Å². The van der Waals surface area contributed by atoms with Gasteiger partial charge in [-0.3, -0.25) is 0 Å². The van der Waals surface area contributed by atoms with Crippen LogP contribution in [0.15, 0.2) is 10.5 Å². The van der Waals surface area contributed by atoms with Crippen molar-refractivity contribution in [2.45, 2.75) is 19.9 Å². The summed E-state index contributed by atoms with van der Waals surface area (Å²) in [6, 6.07) is 1.59. The molecular formula is C11H10BrFN2O. The second kappa shape index (κ2) is 3.20. The zero-order valence-electron chi connectivity index (χ0n) is 8.92. The summed E-state index contributed by atoms with van der Waals surface area (Å²) >= 11 is 3.32. The van der Waals surface area contributed by atoms with Gasteiger partial charge in [-0.25, -0.2) is 9.37 Å². The van der Waals surface area contributed by atoms with Crippen molar-refractivity contribution in [3.63, 3.8) is 0 Å². The average Bonchev–Trinajstić information content (AvgIpc) is 2.56. The van der Waals surface area contributed by atoms with E-state index in [1.165, 1.54) is 6.07 Å². The second-order valence-corrected chi connectivity index (χ2v) is 4.91. The lowest BCUT2D eigenvalue weighted by molar-refractivity contribution is 0.244. The largest absolute Gasteiger partial charge is 0.488 e. The monoisotopic (exact) mass is 284 g/mol. The summed E-state index contributed by atoms with van der Waals surface area (Å²) in [4.78, 5) is 4.26. The number of aromatic nitrogens is 2. The molecule has 84 valence electrons. The maximum absolute atomic E-state index is 13.7. The van der Waals surface area contributed by atoms with Gasteiger partial charge in [0.15, 0.2) is 11.6 Å². The van der Waals surface area contributed by atoms with Crippen molar-refractivity contribution >= 4 is 27.0 Å². The van der Waals surface area contributed by atoms with Crippen LogP contribution in [-0.2, 0) is 0 Å². The highest BCUT2D eigenvalue weighted by molar-refractivity contribution is 9.10. The Labute approximate surface area is 100 Å². The molecule has 1 aromatic carbocycles. The van der Waals surface area contributed by atoms with Crippen molar-refractivity contribution in [1.29, 1.82) is 0 Å². The number of halogens is 2. The first-order valence-corrected chi connectivity index (χ1v) is 5.88. The molecule has 3 nitrogen and oxygen atoms in total. The van der Waals surface area contributed by atoms with Crippen molar-refractivity contribution < 1.29 is 9.13 Å². The molecule has 0 bridgehead atoms. The molecule has 1 atom stereocenters. The predicted octanol–water partition coefficient (Wildman–Crippen LogP) is 3.20. The molecule has 2 heterocycles. The van der Waals surface area contributed by atoms with Crippen LogP contribution in [0, 0.1) is 12.7 Å². The molecule has 0 saturated heterocycles. The smallest absolute Gasteiger partial charge is 0.159 e. The molecule has 0 fully saturated rings. The Morgan fingerprint density at radius 2 is 2.38 bits per heavy atom. The summed E-state index contributed by atoms with van der Waals surface area (Å²) in [6.45, 7) is 4.51. The molecule has 0 N–H and O–H groups in total. The Bertz CT molecular complexity index is 593. The maximum atomic E-state index is 13.7. The number of hydrogen-bond donors (Lipinski definition) is 0. The van der Waals surface area contributed by atoms with Crippen molar-refractivity contribution in [2.24, 2.45) is 0 Å². The van der Waals surface area contributed by atoms with Gasteiger partial charge in [-0.1, -0.05) is 0 Å². The van der Waals surface area contributed by atoms with Crippen LogP contribution in [0.2, 0.25) is 0 Å². The van der Waals surface area contributed by atoms with Gasteiger partial charge in [0, 0.05) is 0 Å². The standard InChI is InChI=1S/C11H10BrFN2O/c1-5-4-16-11-7(12)3-8(13)9-10(11)15(5)6(2)14-9/h3,5H,4H2,1-2H3/t5-/m0/s1. The molecule has 1 aliphatic rings. The van der Waals surface area contributed by atoms with E-state index < -0.39 is 0 Å². The van der Waals surface area contributed by atoms with Gasteiger partial charge >= 0.3 is 0 Å². The Kier molecular flexibility index (Phi) is 2.01. The highest BCUT2D eigenvalue weighted by atomic mass is 79.9. The minimum Gasteiger partial charge on any atom is -0.488 e. The Morgan fingerprint density at radius 3 is 3.12 bits per heavy atom. The van der Waals surface area contributed by atoms with Crippen molar-refractivity contribution in [2.75, 3.05) is 6.61 Å². The first-order valence-electron chi connectivity index (χ1n) is 5.09. The van der Waals surface area contributed by atoms with Crippen molar-refractivity contribution in [1.82, 2.24) is 9.55 Å². The van der Waals surface area contributed by atoms with Gasteiger partial charge in [0.25, 0.3) is 0 Å². The van der Waals surface area contributed by atoms with E-state index in [0.29, 0.717) is 22.3 Å². The first kappa shape index (κ1) is 10.1. The van der Waals surface area contributed by atoms with Crippen LogP contribution in [0.25, 0.3) is 11.0 Å². The van der Waals surface area contributed by atoms with Gasteiger partial charge in [-0.05, 0) is 35.8 Å². The maximum Gasteiger partial charge on any atom is 0.159 e. The number of imidazole rings is 1. The summed E-state index contributed by atoms with van der Waals surface area (Å²) in [5.74, 6) is 1.20. The third kappa shape index (κ3) is 1.15. The molecule has 1 aliphatic heterocycles. The normalized spacial score (nSPS) is 18.9. The summed E-state index contributed by atoms with van der Waals surface area (Å²) < 4.78 is 22.1. The molecule has 0 unspecified atom stereocenters. The Balaban J connectivity index is 2.52. The van der Waals surface area contributed by atoms with E-state index in [-0.39, 0.29) is 11.9 Å². The number of aryl methyl sites for hydroxylation is 1. The van der Waals surface area contributed by atoms with Crippen LogP contribution in [0.1, 0.15) is 18.8 Å². The van der Waals surface area contributed by atoms with Gasteiger partial charge in [0.1, 0.15) is 23.5 Å². The summed E-state index contributed by atoms with van der Waals surface area (Å²) in [6.07, 6.45) is 0. The van der Waals surface area contributed by atoms with E-state index in [2.05, 4.69) is 20.9 Å². The van der Waals surface area contributed by atoms with E-state index >= 15 is 0 Å². The highest BCUT2D eigenvalue weighted by Gasteiger charge is 2.26. The van der Waals surface area contributed by atoms with E-state index in [1.54, 1.807) is 0 Å². The second-order valence-electron chi connectivity index (χ2n) is 4.06. The molecule has 5 heteroatoms. The zero-order chi connectivity index (χ0) is 11.4. The zero-order valence-corrected chi connectivity index (χ0v) is 10.5. The molecule has 0 aliphatic carbocycles. The SMILES string of the molecule is Cc1nc2c(F)cc(Br)c3c2n1[C@@H](C)CO3. The third-order valence-corrected chi connectivity index (χ3v) is 3.50. The summed E-state index contributed by atoms with van der Waals surface area (Å²) in [5.41, 5.74) is 1.14. The molecule has 0 radical (unpaired) electrons. The molecule has 0 saturated carbocycles. The molecule has 0 amide bonds. The number of benzene rings is 1. The van der Waals surface area contributed by atoms with Gasteiger partial charge < -0.3 is 9.30 Å². The summed E-state index contributed by atoms with van der Waals surface area (Å²) in [5, 5.41) is 0. The van der Waals surface area contributed by atoms with E-state index in [4.69, 9.17) is 4.74 Å². The quantitative estimate of drug-likeness (QED) is 0.743. The molecule has 16 heavy (non-hydrogen) atoms. The van der Waals surface area contributed by atoms with Crippen LogP contribution in [0.3, 0.4) is 0 Å². The number of rotatable bonds is 0. The van der Waals surface area contributed by atoms with Gasteiger partial charge in [-0.15, -0.1) is 0 Å². The number of nitrogens with zero attached hydrogens (tertiary/aromatic N) is 2. The third-order valence-electron chi connectivity index (χ3n) is 2.91. The van der Waals surface area contributed by atoms with Gasteiger partial charge in [0.05, 0.1) is 10.5 Å². The van der Waals surface area contributed by atoms with Crippen molar-refractivity contribution in [3.8, 4) is 5.75 Å².